The van der Waals surface area contributed by atoms with Gasteiger partial charge in [0.1, 0.15) is 4.90 Å². The van der Waals surface area contributed by atoms with Crippen molar-refractivity contribution in [1.82, 2.24) is 19.1 Å². The van der Waals surface area contributed by atoms with Gasteiger partial charge in [-0.15, -0.1) is 0 Å². The van der Waals surface area contributed by atoms with Gasteiger partial charge in [-0.3, -0.25) is 9.67 Å². The van der Waals surface area contributed by atoms with E-state index in [0.29, 0.717) is 10.7 Å². The summed E-state index contributed by atoms with van der Waals surface area (Å²) in [5.74, 6) is 0. The molecule has 8 heteroatoms. The fourth-order valence-corrected chi connectivity index (χ4v) is 4.53. The number of halogens is 1. The summed E-state index contributed by atoms with van der Waals surface area (Å²) in [5, 5.41) is 4.98. The fraction of sp³-hybridized carbons (Fsp3) is 0.300. The predicted molar refractivity (Wildman–Crippen MR) is 109 cm³/mol. The quantitative estimate of drug-likeness (QED) is 0.576. The zero-order chi connectivity index (χ0) is 20.3. The van der Waals surface area contributed by atoms with Crippen molar-refractivity contribution in [3.05, 3.63) is 76.8 Å². The molecule has 0 aliphatic heterocycles. The SMILES string of the molecule is Cc1nn(C(C)C)cc1S(=O)(=O)N(Cc1ccc(Cl)cc1)Cc1cccnc1. The van der Waals surface area contributed by atoms with Crippen molar-refractivity contribution < 1.29 is 8.42 Å². The third-order valence-electron chi connectivity index (χ3n) is 4.37. The van der Waals surface area contributed by atoms with Crippen LogP contribution in [0.2, 0.25) is 5.02 Å². The van der Waals surface area contributed by atoms with E-state index in [9.17, 15) is 8.42 Å². The van der Waals surface area contributed by atoms with Crippen LogP contribution in [0.5, 0.6) is 0 Å². The molecule has 6 nitrogen and oxygen atoms in total. The minimum Gasteiger partial charge on any atom is -0.269 e. The minimum atomic E-state index is -3.76. The Labute approximate surface area is 170 Å². The number of rotatable bonds is 7. The summed E-state index contributed by atoms with van der Waals surface area (Å²) < 4.78 is 30.1. The molecule has 0 saturated carbocycles. The maximum Gasteiger partial charge on any atom is 0.247 e. The zero-order valence-corrected chi connectivity index (χ0v) is 17.7. The third kappa shape index (κ3) is 4.60. The van der Waals surface area contributed by atoms with Crippen molar-refractivity contribution in [3.63, 3.8) is 0 Å². The Bertz CT molecular complexity index is 1030. The molecule has 3 aromatic rings. The van der Waals surface area contributed by atoms with Crippen LogP contribution in [0.3, 0.4) is 0 Å². The number of nitrogens with zero attached hydrogens (tertiary/aromatic N) is 4. The van der Waals surface area contributed by atoms with Crippen LogP contribution in [-0.4, -0.2) is 27.5 Å². The molecule has 0 spiro atoms. The molecule has 0 amide bonds. The number of aryl methyl sites for hydroxylation is 1. The molecule has 0 radical (unpaired) electrons. The Hall–Kier alpha value is -2.22. The van der Waals surface area contributed by atoms with Crippen molar-refractivity contribution in [2.24, 2.45) is 0 Å². The molecule has 0 aliphatic carbocycles. The monoisotopic (exact) mass is 418 g/mol. The van der Waals surface area contributed by atoms with Crippen LogP contribution in [-0.2, 0) is 23.1 Å². The van der Waals surface area contributed by atoms with Crippen LogP contribution in [0.4, 0.5) is 0 Å². The Balaban J connectivity index is 2.00. The molecule has 0 aliphatic rings. The average Bonchev–Trinajstić information content (AvgIpc) is 3.07. The van der Waals surface area contributed by atoms with Gasteiger partial charge in [0.2, 0.25) is 10.0 Å². The van der Waals surface area contributed by atoms with Gasteiger partial charge in [-0.2, -0.15) is 9.40 Å². The largest absolute Gasteiger partial charge is 0.269 e. The van der Waals surface area contributed by atoms with Gasteiger partial charge in [0.25, 0.3) is 0 Å². The van der Waals surface area contributed by atoms with E-state index in [-0.39, 0.29) is 24.0 Å². The normalized spacial score (nSPS) is 12.1. The highest BCUT2D eigenvalue weighted by Gasteiger charge is 2.29. The first kappa shape index (κ1) is 20.5. The van der Waals surface area contributed by atoms with Gasteiger partial charge in [0.15, 0.2) is 0 Å². The molecule has 2 heterocycles. The van der Waals surface area contributed by atoms with E-state index in [2.05, 4.69) is 10.1 Å². The van der Waals surface area contributed by atoms with E-state index in [0.717, 1.165) is 11.1 Å². The highest BCUT2D eigenvalue weighted by molar-refractivity contribution is 7.89. The third-order valence-corrected chi connectivity index (χ3v) is 6.52. The first-order valence-electron chi connectivity index (χ1n) is 8.96. The summed E-state index contributed by atoms with van der Waals surface area (Å²) >= 11 is 5.97. The van der Waals surface area contributed by atoms with Gasteiger partial charge in [-0.25, -0.2) is 8.42 Å². The Morgan fingerprint density at radius 1 is 1.11 bits per heavy atom. The standard InChI is InChI=1S/C20H23ClN4O2S/c1-15(2)25-14-20(16(3)23-25)28(26,27)24(13-18-5-4-10-22-11-18)12-17-6-8-19(21)9-7-17/h4-11,14-15H,12-13H2,1-3H3. The van der Waals surface area contributed by atoms with Gasteiger partial charge in [0.05, 0.1) is 5.69 Å². The summed E-state index contributed by atoms with van der Waals surface area (Å²) in [6.07, 6.45) is 4.95. The number of benzene rings is 1. The van der Waals surface area contributed by atoms with Crippen LogP contribution in [0.15, 0.2) is 59.9 Å². The second-order valence-corrected chi connectivity index (χ2v) is 9.26. The Morgan fingerprint density at radius 3 is 2.36 bits per heavy atom. The molecule has 0 N–H and O–H groups in total. The molecule has 0 atom stereocenters. The fourth-order valence-electron chi connectivity index (χ4n) is 2.84. The lowest BCUT2D eigenvalue weighted by Gasteiger charge is -2.22. The molecule has 2 aromatic heterocycles. The van der Waals surface area contributed by atoms with E-state index >= 15 is 0 Å². The number of hydrogen-bond donors (Lipinski definition) is 0. The van der Waals surface area contributed by atoms with E-state index in [1.807, 2.05) is 32.0 Å². The maximum absolute atomic E-state index is 13.5. The van der Waals surface area contributed by atoms with Crippen molar-refractivity contribution in [2.45, 2.75) is 44.8 Å². The topological polar surface area (TPSA) is 68.1 Å². The van der Waals surface area contributed by atoms with Crippen LogP contribution in [0.1, 0.15) is 36.7 Å². The van der Waals surface area contributed by atoms with Crippen molar-refractivity contribution >= 4 is 21.6 Å². The summed E-state index contributed by atoms with van der Waals surface area (Å²) in [7, 11) is -3.76. The first-order chi connectivity index (χ1) is 13.3. The number of pyridine rings is 1. The van der Waals surface area contributed by atoms with E-state index < -0.39 is 10.0 Å². The number of hydrogen-bond acceptors (Lipinski definition) is 4. The maximum atomic E-state index is 13.5. The molecule has 3 rings (SSSR count). The van der Waals surface area contributed by atoms with E-state index in [1.165, 1.54) is 4.31 Å². The minimum absolute atomic E-state index is 0.0747. The van der Waals surface area contributed by atoms with Crippen LogP contribution in [0, 0.1) is 6.92 Å². The molecule has 28 heavy (non-hydrogen) atoms. The van der Waals surface area contributed by atoms with Crippen LogP contribution in [0.25, 0.3) is 0 Å². The molecule has 0 bridgehead atoms. The van der Waals surface area contributed by atoms with Gasteiger partial charge in [-0.1, -0.05) is 29.8 Å². The molecule has 0 saturated heterocycles. The second-order valence-electron chi connectivity index (χ2n) is 6.91. The zero-order valence-electron chi connectivity index (χ0n) is 16.1. The second kappa shape index (κ2) is 8.43. The average molecular weight is 419 g/mol. The molecule has 0 unspecified atom stereocenters. The Morgan fingerprint density at radius 2 is 1.79 bits per heavy atom. The lowest BCUT2D eigenvalue weighted by molar-refractivity contribution is 0.400. The van der Waals surface area contributed by atoms with Crippen molar-refractivity contribution in [3.8, 4) is 0 Å². The van der Waals surface area contributed by atoms with Gasteiger partial charge < -0.3 is 0 Å². The van der Waals surface area contributed by atoms with Gasteiger partial charge in [0, 0.05) is 42.7 Å². The lowest BCUT2D eigenvalue weighted by Crippen LogP contribution is -2.30. The highest BCUT2D eigenvalue weighted by atomic mass is 35.5. The smallest absolute Gasteiger partial charge is 0.247 e. The summed E-state index contributed by atoms with van der Waals surface area (Å²) in [5.41, 5.74) is 2.15. The summed E-state index contributed by atoms with van der Waals surface area (Å²) in [6.45, 7) is 6.08. The molecular formula is C20H23ClN4O2S. The van der Waals surface area contributed by atoms with E-state index in [4.69, 9.17) is 11.6 Å². The van der Waals surface area contributed by atoms with Gasteiger partial charge >= 0.3 is 0 Å². The lowest BCUT2D eigenvalue weighted by atomic mass is 10.2. The highest BCUT2D eigenvalue weighted by Crippen LogP contribution is 2.24. The molecule has 1 aromatic carbocycles. The number of aromatic nitrogens is 3. The predicted octanol–water partition coefficient (Wildman–Crippen LogP) is 4.21. The Kier molecular flexibility index (Phi) is 6.17. The van der Waals surface area contributed by atoms with Crippen molar-refractivity contribution in [1.29, 1.82) is 0 Å². The van der Waals surface area contributed by atoms with Gasteiger partial charge in [-0.05, 0) is 50.1 Å². The summed E-state index contributed by atoms with van der Waals surface area (Å²) in [4.78, 5) is 4.32. The molecule has 148 valence electrons. The molecule has 0 fully saturated rings. The van der Waals surface area contributed by atoms with E-state index in [1.54, 1.807) is 48.4 Å². The first-order valence-corrected chi connectivity index (χ1v) is 10.8. The summed E-state index contributed by atoms with van der Waals surface area (Å²) in [6, 6.07) is 10.9. The van der Waals surface area contributed by atoms with Crippen LogP contribution < -0.4 is 0 Å². The number of sulfonamides is 1. The van der Waals surface area contributed by atoms with Crippen molar-refractivity contribution in [2.75, 3.05) is 0 Å². The van der Waals surface area contributed by atoms with Crippen LogP contribution >= 0.6 is 11.6 Å². The molecular weight excluding hydrogens is 396 g/mol.